The summed E-state index contributed by atoms with van der Waals surface area (Å²) in [6.45, 7) is 3.47. The van der Waals surface area contributed by atoms with Crippen LogP contribution >= 0.6 is 0 Å². The number of ether oxygens (including phenoxy) is 1. The SMILES string of the molecule is c1cnc2c(NC3CCCCC3)cc(N3CCOCC3)cc2n1. The van der Waals surface area contributed by atoms with Gasteiger partial charge in [-0.1, -0.05) is 19.3 Å². The molecule has 0 atom stereocenters. The molecule has 2 aliphatic rings. The summed E-state index contributed by atoms with van der Waals surface area (Å²) in [6, 6.07) is 4.96. The zero-order valence-electron chi connectivity index (χ0n) is 13.5. The van der Waals surface area contributed by atoms with Gasteiger partial charge in [-0.05, 0) is 25.0 Å². The van der Waals surface area contributed by atoms with Gasteiger partial charge in [0.15, 0.2) is 0 Å². The van der Waals surface area contributed by atoms with E-state index in [1.807, 2.05) is 0 Å². The average Bonchev–Trinajstić information content (AvgIpc) is 2.63. The number of hydrogen-bond acceptors (Lipinski definition) is 5. The van der Waals surface area contributed by atoms with Crippen molar-refractivity contribution in [3.8, 4) is 0 Å². The number of morpholine rings is 1. The Morgan fingerprint density at radius 1 is 1.00 bits per heavy atom. The highest BCUT2D eigenvalue weighted by molar-refractivity contribution is 5.91. The van der Waals surface area contributed by atoms with Gasteiger partial charge in [-0.2, -0.15) is 0 Å². The fourth-order valence-corrected chi connectivity index (χ4v) is 3.64. The number of rotatable bonds is 3. The van der Waals surface area contributed by atoms with Gasteiger partial charge in [0.2, 0.25) is 0 Å². The van der Waals surface area contributed by atoms with E-state index in [2.05, 4.69) is 32.3 Å². The first-order valence-corrected chi connectivity index (χ1v) is 8.74. The molecule has 1 saturated heterocycles. The number of aromatic nitrogens is 2. The van der Waals surface area contributed by atoms with E-state index in [1.54, 1.807) is 12.4 Å². The molecule has 1 aliphatic heterocycles. The van der Waals surface area contributed by atoms with Gasteiger partial charge >= 0.3 is 0 Å². The first-order chi connectivity index (χ1) is 11.4. The van der Waals surface area contributed by atoms with Crippen LogP contribution in [-0.4, -0.2) is 42.3 Å². The molecule has 4 rings (SSSR count). The lowest BCUT2D eigenvalue weighted by molar-refractivity contribution is 0.122. The van der Waals surface area contributed by atoms with E-state index < -0.39 is 0 Å². The molecule has 1 saturated carbocycles. The third kappa shape index (κ3) is 3.24. The normalized spacial score (nSPS) is 19.9. The summed E-state index contributed by atoms with van der Waals surface area (Å²) < 4.78 is 5.48. The van der Waals surface area contributed by atoms with E-state index in [4.69, 9.17) is 4.74 Å². The first kappa shape index (κ1) is 14.7. The van der Waals surface area contributed by atoms with Crippen LogP contribution in [0.15, 0.2) is 24.5 Å². The molecule has 23 heavy (non-hydrogen) atoms. The molecule has 2 fully saturated rings. The number of hydrogen-bond donors (Lipinski definition) is 1. The molecule has 0 amide bonds. The Balaban J connectivity index is 1.68. The summed E-state index contributed by atoms with van der Waals surface area (Å²) in [4.78, 5) is 11.5. The molecule has 5 nitrogen and oxygen atoms in total. The van der Waals surface area contributed by atoms with Gasteiger partial charge in [0.25, 0.3) is 0 Å². The van der Waals surface area contributed by atoms with E-state index in [0.717, 1.165) is 43.0 Å². The van der Waals surface area contributed by atoms with E-state index in [-0.39, 0.29) is 0 Å². The molecule has 1 aliphatic carbocycles. The second-order valence-corrected chi connectivity index (χ2v) is 6.50. The van der Waals surface area contributed by atoms with Gasteiger partial charge < -0.3 is 15.0 Å². The second-order valence-electron chi connectivity index (χ2n) is 6.50. The topological polar surface area (TPSA) is 50.3 Å². The number of anilines is 2. The van der Waals surface area contributed by atoms with E-state index in [9.17, 15) is 0 Å². The lowest BCUT2D eigenvalue weighted by Crippen LogP contribution is -2.36. The molecule has 1 aromatic heterocycles. The van der Waals surface area contributed by atoms with Crippen molar-refractivity contribution in [2.24, 2.45) is 0 Å². The summed E-state index contributed by atoms with van der Waals surface area (Å²) in [6.07, 6.45) is 10.1. The molecule has 2 heterocycles. The summed E-state index contributed by atoms with van der Waals surface area (Å²) in [5.74, 6) is 0. The minimum absolute atomic E-state index is 0.564. The Morgan fingerprint density at radius 3 is 2.61 bits per heavy atom. The van der Waals surface area contributed by atoms with Crippen LogP contribution in [-0.2, 0) is 4.74 Å². The van der Waals surface area contributed by atoms with Gasteiger partial charge in [0, 0.05) is 37.2 Å². The third-order valence-electron chi connectivity index (χ3n) is 4.90. The minimum Gasteiger partial charge on any atom is -0.380 e. The fourth-order valence-electron chi connectivity index (χ4n) is 3.64. The summed E-state index contributed by atoms with van der Waals surface area (Å²) >= 11 is 0. The van der Waals surface area contributed by atoms with Crippen LogP contribution in [0.3, 0.4) is 0 Å². The lowest BCUT2D eigenvalue weighted by Gasteiger charge is -2.30. The molecule has 2 aromatic rings. The van der Waals surface area contributed by atoms with Crippen LogP contribution in [0.25, 0.3) is 11.0 Å². The second kappa shape index (κ2) is 6.71. The maximum absolute atomic E-state index is 5.48. The van der Waals surface area contributed by atoms with Crippen molar-refractivity contribution in [3.05, 3.63) is 24.5 Å². The molecule has 1 aromatic carbocycles. The smallest absolute Gasteiger partial charge is 0.112 e. The molecule has 0 spiro atoms. The fraction of sp³-hybridized carbons (Fsp3) is 0.556. The maximum atomic E-state index is 5.48. The first-order valence-electron chi connectivity index (χ1n) is 8.74. The molecule has 0 bridgehead atoms. The number of nitrogens with one attached hydrogen (secondary N) is 1. The van der Waals surface area contributed by atoms with Crippen molar-refractivity contribution in [2.45, 2.75) is 38.1 Å². The highest BCUT2D eigenvalue weighted by atomic mass is 16.5. The van der Waals surface area contributed by atoms with Crippen LogP contribution in [0.5, 0.6) is 0 Å². The van der Waals surface area contributed by atoms with Crippen molar-refractivity contribution in [1.29, 1.82) is 0 Å². The Labute approximate surface area is 137 Å². The predicted octanol–water partition coefficient (Wildman–Crippen LogP) is 3.21. The molecule has 1 N–H and O–H groups in total. The van der Waals surface area contributed by atoms with E-state index >= 15 is 0 Å². The van der Waals surface area contributed by atoms with Crippen LogP contribution in [0.4, 0.5) is 11.4 Å². The Bertz CT molecular complexity index is 663. The van der Waals surface area contributed by atoms with Gasteiger partial charge in [-0.25, -0.2) is 0 Å². The Hall–Kier alpha value is -1.88. The number of fused-ring (bicyclic) bond motifs is 1. The largest absolute Gasteiger partial charge is 0.380 e. The van der Waals surface area contributed by atoms with Crippen LogP contribution < -0.4 is 10.2 Å². The number of nitrogens with zero attached hydrogens (tertiary/aromatic N) is 3. The van der Waals surface area contributed by atoms with E-state index in [0.29, 0.717) is 6.04 Å². The van der Waals surface area contributed by atoms with Crippen molar-refractivity contribution in [3.63, 3.8) is 0 Å². The van der Waals surface area contributed by atoms with Crippen molar-refractivity contribution >= 4 is 22.4 Å². The zero-order chi connectivity index (χ0) is 15.5. The van der Waals surface area contributed by atoms with Crippen LogP contribution in [0.1, 0.15) is 32.1 Å². The lowest BCUT2D eigenvalue weighted by atomic mass is 9.95. The predicted molar refractivity (Wildman–Crippen MR) is 93.1 cm³/mol. The zero-order valence-corrected chi connectivity index (χ0v) is 13.5. The van der Waals surface area contributed by atoms with Crippen molar-refractivity contribution < 1.29 is 4.74 Å². The summed E-state index contributed by atoms with van der Waals surface area (Å²) in [7, 11) is 0. The summed E-state index contributed by atoms with van der Waals surface area (Å²) in [5.41, 5.74) is 4.30. The summed E-state index contributed by atoms with van der Waals surface area (Å²) in [5, 5.41) is 3.74. The molecular formula is C18H24N4O. The highest BCUT2D eigenvalue weighted by Gasteiger charge is 2.18. The van der Waals surface area contributed by atoms with Gasteiger partial charge in [0.05, 0.1) is 24.4 Å². The maximum Gasteiger partial charge on any atom is 0.112 e. The Kier molecular flexibility index (Phi) is 4.28. The molecule has 0 unspecified atom stereocenters. The van der Waals surface area contributed by atoms with E-state index in [1.165, 1.54) is 37.8 Å². The number of benzene rings is 1. The Morgan fingerprint density at radius 2 is 1.78 bits per heavy atom. The molecule has 5 heteroatoms. The van der Waals surface area contributed by atoms with Gasteiger partial charge in [-0.3, -0.25) is 9.97 Å². The quantitative estimate of drug-likeness (QED) is 0.943. The molecule has 0 radical (unpaired) electrons. The van der Waals surface area contributed by atoms with Crippen LogP contribution in [0, 0.1) is 0 Å². The molecular weight excluding hydrogens is 288 g/mol. The minimum atomic E-state index is 0.564. The highest BCUT2D eigenvalue weighted by Crippen LogP contribution is 2.30. The van der Waals surface area contributed by atoms with Crippen molar-refractivity contribution in [2.75, 3.05) is 36.5 Å². The van der Waals surface area contributed by atoms with Crippen molar-refractivity contribution in [1.82, 2.24) is 9.97 Å². The van der Waals surface area contributed by atoms with Gasteiger partial charge in [0.1, 0.15) is 5.52 Å². The monoisotopic (exact) mass is 312 g/mol. The standard InChI is InChI=1S/C18H24N4O/c1-2-4-14(5-3-1)21-17-13-15(22-8-10-23-11-9-22)12-16-18(17)20-7-6-19-16/h6-7,12-14,21H,1-5,8-11H2. The van der Waals surface area contributed by atoms with Gasteiger partial charge in [-0.15, -0.1) is 0 Å². The third-order valence-corrected chi connectivity index (χ3v) is 4.90. The molecule has 122 valence electrons. The average molecular weight is 312 g/mol. The van der Waals surface area contributed by atoms with Crippen LogP contribution in [0.2, 0.25) is 0 Å².